The van der Waals surface area contributed by atoms with Crippen LogP contribution in [0.25, 0.3) is 22.4 Å². The Morgan fingerprint density at radius 3 is 2.96 bits per heavy atom. The molecule has 0 bridgehead atoms. The topological polar surface area (TPSA) is 96.7 Å². The standard InChI is InChI=1S/C18H15N5O2/c1-11(18-22-16(23-25-18)14-7-2-3-9-19-14)21-17(24)13-6-4-5-12-8-10-20-15(12)13/h2-11,20H,1H3,(H,21,24)/t11-/m1/s1. The molecule has 1 amide bonds. The van der Waals surface area contributed by atoms with E-state index in [1.807, 2.05) is 36.5 Å². The number of benzene rings is 1. The second-order valence-corrected chi connectivity index (χ2v) is 5.61. The van der Waals surface area contributed by atoms with Gasteiger partial charge in [-0.2, -0.15) is 4.98 Å². The summed E-state index contributed by atoms with van der Waals surface area (Å²) in [6, 6.07) is 12.5. The highest BCUT2D eigenvalue weighted by Gasteiger charge is 2.19. The average molecular weight is 333 g/mol. The van der Waals surface area contributed by atoms with Crippen molar-refractivity contribution in [2.24, 2.45) is 0 Å². The van der Waals surface area contributed by atoms with Gasteiger partial charge in [-0.25, -0.2) is 0 Å². The predicted molar refractivity (Wildman–Crippen MR) is 91.7 cm³/mol. The van der Waals surface area contributed by atoms with E-state index in [2.05, 4.69) is 25.4 Å². The first kappa shape index (κ1) is 15.1. The first-order chi connectivity index (χ1) is 12.2. The summed E-state index contributed by atoms with van der Waals surface area (Å²) in [4.78, 5) is 24.2. The molecule has 7 nitrogen and oxygen atoms in total. The maximum atomic E-state index is 12.6. The lowest BCUT2D eigenvalue weighted by Gasteiger charge is -2.10. The molecule has 0 saturated carbocycles. The number of amides is 1. The van der Waals surface area contributed by atoms with Crippen molar-refractivity contribution in [3.8, 4) is 11.5 Å². The van der Waals surface area contributed by atoms with Gasteiger partial charge < -0.3 is 14.8 Å². The molecule has 1 aromatic carbocycles. The third-order valence-corrected chi connectivity index (χ3v) is 3.89. The molecule has 4 rings (SSSR count). The van der Waals surface area contributed by atoms with Gasteiger partial charge in [0.05, 0.1) is 11.1 Å². The second kappa shape index (κ2) is 6.20. The van der Waals surface area contributed by atoms with Gasteiger partial charge in [0.2, 0.25) is 11.7 Å². The van der Waals surface area contributed by atoms with Crippen LogP contribution in [0.15, 0.2) is 59.4 Å². The maximum absolute atomic E-state index is 12.6. The smallest absolute Gasteiger partial charge is 0.254 e. The monoisotopic (exact) mass is 333 g/mol. The Kier molecular flexibility index (Phi) is 3.74. The summed E-state index contributed by atoms with van der Waals surface area (Å²) in [6.07, 6.45) is 3.47. The highest BCUT2D eigenvalue weighted by atomic mass is 16.5. The molecule has 0 aliphatic heterocycles. The Morgan fingerprint density at radius 1 is 1.20 bits per heavy atom. The van der Waals surface area contributed by atoms with Gasteiger partial charge in [-0.1, -0.05) is 23.4 Å². The number of rotatable bonds is 4. The summed E-state index contributed by atoms with van der Waals surface area (Å²) in [5.74, 6) is 0.508. The average Bonchev–Trinajstić information content (AvgIpc) is 3.31. The van der Waals surface area contributed by atoms with E-state index in [1.54, 1.807) is 25.3 Å². The minimum atomic E-state index is -0.428. The van der Waals surface area contributed by atoms with Crippen molar-refractivity contribution < 1.29 is 9.32 Å². The van der Waals surface area contributed by atoms with Crippen LogP contribution in [0.2, 0.25) is 0 Å². The Morgan fingerprint density at radius 2 is 2.12 bits per heavy atom. The summed E-state index contributed by atoms with van der Waals surface area (Å²) in [6.45, 7) is 1.79. The van der Waals surface area contributed by atoms with Crippen molar-refractivity contribution in [1.29, 1.82) is 0 Å². The number of H-pyrrole nitrogens is 1. The Hall–Kier alpha value is -3.48. The van der Waals surface area contributed by atoms with Crippen molar-refractivity contribution >= 4 is 16.8 Å². The van der Waals surface area contributed by atoms with Crippen LogP contribution in [0.1, 0.15) is 29.2 Å². The summed E-state index contributed by atoms with van der Waals surface area (Å²) in [7, 11) is 0. The van der Waals surface area contributed by atoms with E-state index in [9.17, 15) is 4.79 Å². The normalized spacial score (nSPS) is 12.2. The number of pyridine rings is 1. The molecule has 0 saturated heterocycles. The lowest BCUT2D eigenvalue weighted by molar-refractivity contribution is 0.0934. The van der Waals surface area contributed by atoms with Gasteiger partial charge in [-0.05, 0) is 31.2 Å². The lowest BCUT2D eigenvalue weighted by Crippen LogP contribution is -2.27. The molecule has 3 aromatic heterocycles. The first-order valence-corrected chi connectivity index (χ1v) is 7.84. The summed E-state index contributed by atoms with van der Waals surface area (Å²) in [5, 5.41) is 7.79. The van der Waals surface area contributed by atoms with Crippen LogP contribution in [-0.2, 0) is 0 Å². The van der Waals surface area contributed by atoms with Gasteiger partial charge in [0.1, 0.15) is 11.7 Å². The molecule has 3 heterocycles. The molecule has 0 unspecified atom stereocenters. The van der Waals surface area contributed by atoms with Gasteiger partial charge >= 0.3 is 0 Å². The molecule has 0 aliphatic rings. The maximum Gasteiger partial charge on any atom is 0.254 e. The summed E-state index contributed by atoms with van der Waals surface area (Å²) >= 11 is 0. The SMILES string of the molecule is C[C@@H](NC(=O)c1cccc2cc[nH]c12)c1nc(-c2ccccn2)no1. The van der Waals surface area contributed by atoms with Crippen LogP contribution in [0, 0.1) is 0 Å². The summed E-state index contributed by atoms with van der Waals surface area (Å²) < 4.78 is 5.27. The number of aromatic amines is 1. The number of aromatic nitrogens is 4. The van der Waals surface area contributed by atoms with Crippen LogP contribution in [0.5, 0.6) is 0 Å². The van der Waals surface area contributed by atoms with E-state index in [4.69, 9.17) is 4.52 Å². The molecule has 0 radical (unpaired) electrons. The highest BCUT2D eigenvalue weighted by Crippen LogP contribution is 2.19. The molecule has 124 valence electrons. The Labute approximate surface area is 143 Å². The second-order valence-electron chi connectivity index (χ2n) is 5.61. The van der Waals surface area contributed by atoms with E-state index in [-0.39, 0.29) is 5.91 Å². The fraction of sp³-hybridized carbons (Fsp3) is 0.111. The molecule has 0 aliphatic carbocycles. The first-order valence-electron chi connectivity index (χ1n) is 7.84. The van der Waals surface area contributed by atoms with Crippen LogP contribution in [-0.4, -0.2) is 26.0 Å². The fourth-order valence-electron chi connectivity index (χ4n) is 2.62. The Balaban J connectivity index is 1.54. The molecule has 0 fully saturated rings. The van der Waals surface area contributed by atoms with Gasteiger partial charge in [0, 0.05) is 17.8 Å². The quantitative estimate of drug-likeness (QED) is 0.598. The zero-order valence-electron chi connectivity index (χ0n) is 13.4. The van der Waals surface area contributed by atoms with Gasteiger partial charge in [0.15, 0.2) is 0 Å². The van der Waals surface area contributed by atoms with Crippen LogP contribution in [0.4, 0.5) is 0 Å². The van der Waals surface area contributed by atoms with Crippen LogP contribution in [0.3, 0.4) is 0 Å². The molecular formula is C18H15N5O2. The lowest BCUT2D eigenvalue weighted by atomic mass is 10.1. The number of nitrogens with zero attached hydrogens (tertiary/aromatic N) is 3. The summed E-state index contributed by atoms with van der Waals surface area (Å²) in [5.41, 5.74) is 1.98. The van der Waals surface area contributed by atoms with Crippen molar-refractivity contribution in [2.45, 2.75) is 13.0 Å². The molecule has 25 heavy (non-hydrogen) atoms. The zero-order chi connectivity index (χ0) is 17.2. The number of para-hydroxylation sites is 1. The number of fused-ring (bicyclic) bond motifs is 1. The zero-order valence-corrected chi connectivity index (χ0v) is 13.4. The largest absolute Gasteiger partial charge is 0.361 e. The van der Waals surface area contributed by atoms with Crippen molar-refractivity contribution in [1.82, 2.24) is 25.4 Å². The third kappa shape index (κ3) is 2.87. The molecule has 4 aromatic rings. The predicted octanol–water partition coefficient (Wildman–Crippen LogP) is 3.10. The van der Waals surface area contributed by atoms with Crippen molar-refractivity contribution in [3.63, 3.8) is 0 Å². The molecular weight excluding hydrogens is 318 g/mol. The van der Waals surface area contributed by atoms with Crippen molar-refractivity contribution in [2.75, 3.05) is 0 Å². The number of hydrogen-bond acceptors (Lipinski definition) is 5. The molecule has 2 N–H and O–H groups in total. The van der Waals surface area contributed by atoms with E-state index in [0.717, 1.165) is 10.9 Å². The van der Waals surface area contributed by atoms with E-state index in [0.29, 0.717) is 23.0 Å². The Bertz CT molecular complexity index is 1020. The molecule has 0 spiro atoms. The number of carbonyl (C=O) groups is 1. The fourth-order valence-corrected chi connectivity index (χ4v) is 2.62. The van der Waals surface area contributed by atoms with Gasteiger partial charge in [-0.3, -0.25) is 9.78 Å². The van der Waals surface area contributed by atoms with Gasteiger partial charge in [0.25, 0.3) is 5.91 Å². The van der Waals surface area contributed by atoms with Crippen LogP contribution >= 0.6 is 0 Å². The van der Waals surface area contributed by atoms with E-state index < -0.39 is 6.04 Å². The van der Waals surface area contributed by atoms with Crippen molar-refractivity contribution in [3.05, 3.63) is 66.3 Å². The molecule has 1 atom stereocenters. The van der Waals surface area contributed by atoms with E-state index in [1.165, 1.54) is 0 Å². The minimum Gasteiger partial charge on any atom is -0.361 e. The number of nitrogens with one attached hydrogen (secondary N) is 2. The van der Waals surface area contributed by atoms with Gasteiger partial charge in [-0.15, -0.1) is 0 Å². The minimum absolute atomic E-state index is 0.210. The number of carbonyl (C=O) groups excluding carboxylic acids is 1. The van der Waals surface area contributed by atoms with Crippen LogP contribution < -0.4 is 5.32 Å². The van der Waals surface area contributed by atoms with E-state index >= 15 is 0 Å². The third-order valence-electron chi connectivity index (χ3n) is 3.89. The number of hydrogen-bond donors (Lipinski definition) is 2. The highest BCUT2D eigenvalue weighted by molar-refractivity contribution is 6.05. The molecule has 7 heteroatoms.